The highest BCUT2D eigenvalue weighted by Crippen LogP contribution is 2.28. The van der Waals surface area contributed by atoms with Crippen molar-refractivity contribution in [3.05, 3.63) is 89.5 Å². The zero-order chi connectivity index (χ0) is 25.1. The molecule has 0 atom stereocenters. The summed E-state index contributed by atoms with van der Waals surface area (Å²) in [6.45, 7) is 1.45. The summed E-state index contributed by atoms with van der Waals surface area (Å²) in [7, 11) is 1.44. The molecule has 0 spiro atoms. The fourth-order valence-electron chi connectivity index (χ4n) is 4.35. The van der Waals surface area contributed by atoms with Crippen LogP contribution in [0.1, 0.15) is 21.5 Å². The lowest BCUT2D eigenvalue weighted by Crippen LogP contribution is -2.33. The SMILES string of the molecule is COCC(=O)Nc1cc(C(=O)N2CCOc3ccccc3C2)c2c(c1)ncn2Cc1ccc(F)cc1. The first-order valence-corrected chi connectivity index (χ1v) is 11.5. The molecule has 36 heavy (non-hydrogen) atoms. The summed E-state index contributed by atoms with van der Waals surface area (Å²) < 4.78 is 26.0. The van der Waals surface area contributed by atoms with Gasteiger partial charge < -0.3 is 24.3 Å². The van der Waals surface area contributed by atoms with Crippen LogP contribution in [-0.2, 0) is 22.6 Å². The fraction of sp³-hybridized carbons (Fsp3) is 0.222. The van der Waals surface area contributed by atoms with Crippen molar-refractivity contribution in [2.45, 2.75) is 13.1 Å². The maximum Gasteiger partial charge on any atom is 0.256 e. The maximum atomic E-state index is 13.9. The molecule has 2 heterocycles. The van der Waals surface area contributed by atoms with Gasteiger partial charge in [0.2, 0.25) is 5.91 Å². The van der Waals surface area contributed by atoms with Crippen molar-refractivity contribution in [2.75, 3.05) is 32.2 Å². The predicted octanol–water partition coefficient (Wildman–Crippen LogP) is 3.84. The van der Waals surface area contributed by atoms with Gasteiger partial charge in [-0.2, -0.15) is 0 Å². The molecule has 184 valence electrons. The van der Waals surface area contributed by atoms with Gasteiger partial charge in [-0.3, -0.25) is 9.59 Å². The van der Waals surface area contributed by atoms with E-state index in [0.717, 1.165) is 16.9 Å². The Bertz CT molecular complexity index is 1420. The number of aromatic nitrogens is 2. The van der Waals surface area contributed by atoms with Gasteiger partial charge in [0.25, 0.3) is 5.91 Å². The smallest absolute Gasteiger partial charge is 0.256 e. The molecular formula is C27H25FN4O4. The van der Waals surface area contributed by atoms with Crippen LogP contribution in [0.25, 0.3) is 11.0 Å². The summed E-state index contributed by atoms with van der Waals surface area (Å²) in [4.78, 5) is 32.3. The Hall–Kier alpha value is -4.24. The van der Waals surface area contributed by atoms with E-state index < -0.39 is 0 Å². The van der Waals surface area contributed by atoms with Crippen molar-refractivity contribution >= 4 is 28.5 Å². The molecule has 0 saturated carbocycles. The molecule has 1 aliphatic heterocycles. The van der Waals surface area contributed by atoms with Gasteiger partial charge >= 0.3 is 0 Å². The van der Waals surface area contributed by atoms with Crippen LogP contribution in [0.4, 0.5) is 10.1 Å². The average molecular weight is 489 g/mol. The molecule has 0 radical (unpaired) electrons. The zero-order valence-electron chi connectivity index (χ0n) is 19.7. The normalized spacial score (nSPS) is 13.1. The summed E-state index contributed by atoms with van der Waals surface area (Å²) in [5.74, 6) is -0.0906. The van der Waals surface area contributed by atoms with Crippen molar-refractivity contribution < 1.29 is 23.5 Å². The second-order valence-corrected chi connectivity index (χ2v) is 8.55. The molecule has 1 N–H and O–H groups in total. The number of nitrogens with one attached hydrogen (secondary N) is 1. The first kappa shape index (κ1) is 23.5. The van der Waals surface area contributed by atoms with Gasteiger partial charge in [0.05, 0.1) is 29.5 Å². The molecule has 1 aromatic heterocycles. The monoisotopic (exact) mass is 488 g/mol. The molecule has 0 bridgehead atoms. The molecule has 0 fully saturated rings. The lowest BCUT2D eigenvalue weighted by molar-refractivity contribution is -0.119. The number of imidazole rings is 1. The molecule has 0 unspecified atom stereocenters. The van der Waals surface area contributed by atoms with E-state index in [-0.39, 0.29) is 24.2 Å². The van der Waals surface area contributed by atoms with Crippen molar-refractivity contribution in [1.29, 1.82) is 0 Å². The predicted molar refractivity (Wildman–Crippen MR) is 132 cm³/mol. The number of anilines is 1. The summed E-state index contributed by atoms with van der Waals surface area (Å²) in [6.07, 6.45) is 1.65. The molecule has 5 rings (SSSR count). The minimum absolute atomic E-state index is 0.111. The number of halogens is 1. The van der Waals surface area contributed by atoms with Crippen LogP contribution in [0.5, 0.6) is 5.75 Å². The lowest BCUT2D eigenvalue weighted by Gasteiger charge is -2.21. The van der Waals surface area contributed by atoms with Crippen LogP contribution in [0.15, 0.2) is 67.0 Å². The van der Waals surface area contributed by atoms with Gasteiger partial charge in [-0.05, 0) is 35.9 Å². The molecule has 3 aromatic carbocycles. The second kappa shape index (κ2) is 10.2. The molecule has 1 aliphatic rings. The summed E-state index contributed by atoms with van der Waals surface area (Å²) >= 11 is 0. The van der Waals surface area contributed by atoms with Crippen molar-refractivity contribution in [2.24, 2.45) is 0 Å². The van der Waals surface area contributed by atoms with Gasteiger partial charge in [0.15, 0.2) is 0 Å². The molecule has 0 saturated heterocycles. The topological polar surface area (TPSA) is 85.7 Å². The average Bonchev–Trinajstić information content (AvgIpc) is 3.13. The van der Waals surface area contributed by atoms with E-state index in [2.05, 4.69) is 10.3 Å². The highest BCUT2D eigenvalue weighted by Gasteiger charge is 2.25. The number of hydrogen-bond acceptors (Lipinski definition) is 5. The van der Waals surface area contributed by atoms with E-state index in [1.54, 1.807) is 35.5 Å². The Morgan fingerprint density at radius 3 is 2.75 bits per heavy atom. The minimum Gasteiger partial charge on any atom is -0.491 e. The zero-order valence-corrected chi connectivity index (χ0v) is 19.7. The number of fused-ring (bicyclic) bond motifs is 2. The number of benzene rings is 3. The molecule has 0 aliphatic carbocycles. The Labute approximate surface area is 207 Å². The van der Waals surface area contributed by atoms with E-state index >= 15 is 0 Å². The third kappa shape index (κ3) is 4.92. The van der Waals surface area contributed by atoms with Gasteiger partial charge in [0.1, 0.15) is 24.8 Å². The number of rotatable bonds is 6. The van der Waals surface area contributed by atoms with Crippen LogP contribution >= 0.6 is 0 Å². The summed E-state index contributed by atoms with van der Waals surface area (Å²) in [5.41, 5.74) is 3.83. The van der Waals surface area contributed by atoms with Gasteiger partial charge in [-0.25, -0.2) is 9.37 Å². The van der Waals surface area contributed by atoms with E-state index in [0.29, 0.717) is 48.5 Å². The van der Waals surface area contributed by atoms with E-state index in [9.17, 15) is 14.0 Å². The highest BCUT2D eigenvalue weighted by atomic mass is 19.1. The van der Waals surface area contributed by atoms with Gasteiger partial charge in [-0.15, -0.1) is 0 Å². The number of carbonyl (C=O) groups excluding carboxylic acids is 2. The fourth-order valence-corrected chi connectivity index (χ4v) is 4.35. The molecule has 2 amide bonds. The van der Waals surface area contributed by atoms with Crippen molar-refractivity contribution in [3.63, 3.8) is 0 Å². The Morgan fingerprint density at radius 2 is 1.94 bits per heavy atom. The largest absolute Gasteiger partial charge is 0.491 e. The van der Waals surface area contributed by atoms with E-state index in [4.69, 9.17) is 9.47 Å². The number of amides is 2. The number of hydrogen-bond donors (Lipinski definition) is 1. The summed E-state index contributed by atoms with van der Waals surface area (Å²) in [6, 6.07) is 17.2. The third-order valence-corrected chi connectivity index (χ3v) is 6.01. The third-order valence-electron chi connectivity index (χ3n) is 6.01. The van der Waals surface area contributed by atoms with Gasteiger partial charge in [-0.1, -0.05) is 30.3 Å². The van der Waals surface area contributed by atoms with E-state index in [1.165, 1.54) is 19.2 Å². The summed E-state index contributed by atoms with van der Waals surface area (Å²) in [5, 5.41) is 2.78. The number of ether oxygens (including phenoxy) is 2. The van der Waals surface area contributed by atoms with Crippen LogP contribution in [0.2, 0.25) is 0 Å². The molecule has 9 heteroatoms. The second-order valence-electron chi connectivity index (χ2n) is 8.55. The standard InChI is InChI=1S/C27H25FN4O4/c1-35-16-25(33)30-21-12-22(27(34)31-10-11-36-24-5-3-2-4-19(24)15-31)26-23(13-21)29-17-32(26)14-18-6-8-20(28)9-7-18/h2-9,12-13,17H,10-11,14-16H2,1H3,(H,30,33). The maximum absolute atomic E-state index is 13.9. The first-order chi connectivity index (χ1) is 17.5. The van der Waals surface area contributed by atoms with Crippen molar-refractivity contribution in [3.8, 4) is 5.75 Å². The van der Waals surface area contributed by atoms with E-state index in [1.807, 2.05) is 28.8 Å². The first-order valence-electron chi connectivity index (χ1n) is 11.5. The Morgan fingerprint density at radius 1 is 1.14 bits per heavy atom. The number of para-hydroxylation sites is 1. The minimum atomic E-state index is -0.335. The molecular weight excluding hydrogens is 463 g/mol. The van der Waals surface area contributed by atoms with Gasteiger partial charge in [0, 0.05) is 31.5 Å². The van der Waals surface area contributed by atoms with Crippen LogP contribution in [-0.4, -0.2) is 53.1 Å². The highest BCUT2D eigenvalue weighted by molar-refractivity contribution is 6.07. The van der Waals surface area contributed by atoms with Crippen molar-refractivity contribution in [1.82, 2.24) is 14.5 Å². The quantitative estimate of drug-likeness (QED) is 0.446. The number of nitrogens with zero attached hydrogens (tertiary/aromatic N) is 3. The van der Waals surface area contributed by atoms with Crippen LogP contribution in [0.3, 0.4) is 0 Å². The Balaban J connectivity index is 1.55. The molecule has 4 aromatic rings. The number of carbonyl (C=O) groups is 2. The molecule has 8 nitrogen and oxygen atoms in total. The van der Waals surface area contributed by atoms with Crippen LogP contribution in [0, 0.1) is 5.82 Å². The number of methoxy groups -OCH3 is 1. The Kier molecular flexibility index (Phi) is 6.64. The van der Waals surface area contributed by atoms with Crippen LogP contribution < -0.4 is 10.1 Å². The lowest BCUT2D eigenvalue weighted by atomic mass is 10.1.